The van der Waals surface area contributed by atoms with Gasteiger partial charge in [-0.25, -0.2) is 12.8 Å². The molecular formula is C19H16FN3O6S. The van der Waals surface area contributed by atoms with E-state index in [0.29, 0.717) is 30.3 Å². The fraction of sp³-hybridized carbons (Fsp3) is 0.211. The van der Waals surface area contributed by atoms with E-state index in [2.05, 4.69) is 15.5 Å². The summed E-state index contributed by atoms with van der Waals surface area (Å²) in [5.74, 6) is -0.293. The lowest BCUT2D eigenvalue weighted by atomic mass is 10.2. The average molecular weight is 433 g/mol. The highest BCUT2D eigenvalue weighted by atomic mass is 32.2. The van der Waals surface area contributed by atoms with Gasteiger partial charge in [0.15, 0.2) is 21.3 Å². The lowest BCUT2D eigenvalue weighted by Gasteiger charge is -2.18. The molecule has 1 aliphatic heterocycles. The molecule has 1 amide bonds. The van der Waals surface area contributed by atoms with Gasteiger partial charge in [0, 0.05) is 12.0 Å². The van der Waals surface area contributed by atoms with E-state index in [1.807, 2.05) is 0 Å². The lowest BCUT2D eigenvalue weighted by Crippen LogP contribution is -2.17. The van der Waals surface area contributed by atoms with Crippen LogP contribution in [-0.2, 0) is 14.6 Å². The number of benzene rings is 2. The molecule has 11 heteroatoms. The van der Waals surface area contributed by atoms with Crippen LogP contribution in [0.5, 0.6) is 11.5 Å². The second-order valence-corrected chi connectivity index (χ2v) is 8.45. The molecule has 0 unspecified atom stereocenters. The van der Waals surface area contributed by atoms with Crippen LogP contribution < -0.4 is 14.8 Å². The number of hydrogen-bond donors (Lipinski definition) is 1. The molecule has 0 saturated heterocycles. The number of carbonyl (C=O) groups is 1. The average Bonchev–Trinajstić information content (AvgIpc) is 3.21. The minimum atomic E-state index is -3.73. The Morgan fingerprint density at radius 1 is 1.03 bits per heavy atom. The first kappa shape index (κ1) is 19.8. The summed E-state index contributed by atoms with van der Waals surface area (Å²) >= 11 is 0. The zero-order valence-electron chi connectivity index (χ0n) is 15.5. The number of nitrogens with zero attached hydrogens (tertiary/aromatic N) is 2. The summed E-state index contributed by atoms with van der Waals surface area (Å²) < 4.78 is 53.8. The SMILES string of the molecule is O=C(CCS(=O)(=O)c1ccc(F)cc1)Nc1nnc(-c2ccc3c(c2)OCCO3)o1. The van der Waals surface area contributed by atoms with Crippen molar-refractivity contribution in [2.75, 3.05) is 24.3 Å². The van der Waals surface area contributed by atoms with Gasteiger partial charge in [-0.3, -0.25) is 10.1 Å². The zero-order valence-corrected chi connectivity index (χ0v) is 16.3. The van der Waals surface area contributed by atoms with Crippen LogP contribution >= 0.6 is 0 Å². The molecule has 4 rings (SSSR count). The number of halogens is 1. The Labute approximate surface area is 170 Å². The van der Waals surface area contributed by atoms with E-state index in [4.69, 9.17) is 13.9 Å². The number of rotatable bonds is 6. The third-order valence-corrected chi connectivity index (χ3v) is 5.96. The Hall–Kier alpha value is -3.47. The Morgan fingerprint density at radius 3 is 2.53 bits per heavy atom. The summed E-state index contributed by atoms with van der Waals surface area (Å²) in [7, 11) is -3.73. The van der Waals surface area contributed by atoms with Gasteiger partial charge in [-0.15, -0.1) is 5.10 Å². The van der Waals surface area contributed by atoms with Crippen molar-refractivity contribution >= 4 is 21.8 Å². The van der Waals surface area contributed by atoms with Gasteiger partial charge >= 0.3 is 6.01 Å². The second-order valence-electron chi connectivity index (χ2n) is 6.34. The molecular weight excluding hydrogens is 417 g/mol. The summed E-state index contributed by atoms with van der Waals surface area (Å²) in [4.78, 5) is 12.0. The number of ether oxygens (including phenoxy) is 2. The number of anilines is 1. The third kappa shape index (κ3) is 4.40. The van der Waals surface area contributed by atoms with Gasteiger partial charge in [0.25, 0.3) is 0 Å². The molecule has 2 heterocycles. The van der Waals surface area contributed by atoms with Crippen molar-refractivity contribution in [1.29, 1.82) is 0 Å². The van der Waals surface area contributed by atoms with Crippen LogP contribution in [0.1, 0.15) is 6.42 Å². The van der Waals surface area contributed by atoms with E-state index in [9.17, 15) is 17.6 Å². The number of hydrogen-bond acceptors (Lipinski definition) is 8. The molecule has 156 valence electrons. The van der Waals surface area contributed by atoms with Gasteiger partial charge in [-0.1, -0.05) is 5.10 Å². The maximum atomic E-state index is 12.9. The van der Waals surface area contributed by atoms with Crippen molar-refractivity contribution in [2.45, 2.75) is 11.3 Å². The number of aromatic nitrogens is 2. The summed E-state index contributed by atoms with van der Waals surface area (Å²) in [6, 6.07) is 9.34. The Morgan fingerprint density at radius 2 is 1.77 bits per heavy atom. The van der Waals surface area contributed by atoms with Gasteiger partial charge in [0.05, 0.1) is 10.6 Å². The summed E-state index contributed by atoms with van der Waals surface area (Å²) in [5.41, 5.74) is 0.575. The first-order valence-corrected chi connectivity index (χ1v) is 10.6. The third-order valence-electron chi connectivity index (χ3n) is 4.23. The summed E-state index contributed by atoms with van der Waals surface area (Å²) in [5, 5.41) is 9.98. The van der Waals surface area contributed by atoms with Crippen LogP contribution in [0.25, 0.3) is 11.5 Å². The summed E-state index contributed by atoms with van der Waals surface area (Å²) in [6.45, 7) is 0.905. The largest absolute Gasteiger partial charge is 0.486 e. The number of carbonyl (C=O) groups excluding carboxylic acids is 1. The number of fused-ring (bicyclic) bond motifs is 1. The van der Waals surface area contributed by atoms with Crippen molar-refractivity contribution in [2.24, 2.45) is 0 Å². The smallest absolute Gasteiger partial charge is 0.322 e. The maximum Gasteiger partial charge on any atom is 0.322 e. The van der Waals surface area contributed by atoms with E-state index in [-0.39, 0.29) is 23.2 Å². The Balaban J connectivity index is 1.38. The quantitative estimate of drug-likeness (QED) is 0.589. The molecule has 1 N–H and O–H groups in total. The van der Waals surface area contributed by atoms with Gasteiger partial charge in [-0.2, -0.15) is 0 Å². The minimum absolute atomic E-state index is 0.0598. The highest BCUT2D eigenvalue weighted by Gasteiger charge is 2.19. The lowest BCUT2D eigenvalue weighted by molar-refractivity contribution is -0.115. The Bertz CT molecular complexity index is 1180. The fourth-order valence-electron chi connectivity index (χ4n) is 2.74. The predicted molar refractivity (Wildman–Crippen MR) is 102 cm³/mol. The second kappa shape index (κ2) is 8.11. The number of amides is 1. The first-order chi connectivity index (χ1) is 14.4. The number of sulfone groups is 1. The molecule has 1 aromatic heterocycles. The Kier molecular flexibility index (Phi) is 5.36. The monoisotopic (exact) mass is 433 g/mol. The first-order valence-electron chi connectivity index (χ1n) is 8.92. The molecule has 1 aliphatic rings. The van der Waals surface area contributed by atoms with E-state index < -0.39 is 27.3 Å². The van der Waals surface area contributed by atoms with Crippen molar-refractivity contribution in [3.05, 3.63) is 48.3 Å². The van der Waals surface area contributed by atoms with Crippen LogP contribution in [0.15, 0.2) is 51.8 Å². The predicted octanol–water partition coefficient (Wildman–Crippen LogP) is 2.45. The molecule has 0 atom stereocenters. The van der Waals surface area contributed by atoms with Crippen LogP contribution in [0, 0.1) is 5.82 Å². The normalized spacial score (nSPS) is 13.1. The molecule has 0 radical (unpaired) electrons. The van der Waals surface area contributed by atoms with Crippen molar-refractivity contribution in [1.82, 2.24) is 10.2 Å². The van der Waals surface area contributed by atoms with Crippen molar-refractivity contribution in [3.63, 3.8) is 0 Å². The van der Waals surface area contributed by atoms with Gasteiger partial charge < -0.3 is 13.9 Å². The summed E-state index contributed by atoms with van der Waals surface area (Å²) in [6.07, 6.45) is -0.332. The van der Waals surface area contributed by atoms with Crippen LogP contribution in [0.3, 0.4) is 0 Å². The highest BCUT2D eigenvalue weighted by Crippen LogP contribution is 2.34. The molecule has 2 aromatic carbocycles. The van der Waals surface area contributed by atoms with E-state index in [1.165, 1.54) is 0 Å². The molecule has 30 heavy (non-hydrogen) atoms. The molecule has 9 nitrogen and oxygen atoms in total. The van der Waals surface area contributed by atoms with Gasteiger partial charge in [0.1, 0.15) is 19.0 Å². The van der Waals surface area contributed by atoms with Crippen molar-refractivity contribution in [3.8, 4) is 23.0 Å². The highest BCUT2D eigenvalue weighted by molar-refractivity contribution is 7.91. The maximum absolute atomic E-state index is 12.9. The molecule has 0 aliphatic carbocycles. The van der Waals surface area contributed by atoms with Crippen LogP contribution in [-0.4, -0.2) is 43.5 Å². The molecule has 3 aromatic rings. The minimum Gasteiger partial charge on any atom is -0.486 e. The molecule has 0 bridgehead atoms. The number of nitrogens with one attached hydrogen (secondary N) is 1. The van der Waals surface area contributed by atoms with Gasteiger partial charge in [-0.05, 0) is 42.5 Å². The van der Waals surface area contributed by atoms with Crippen molar-refractivity contribution < 1.29 is 31.5 Å². The van der Waals surface area contributed by atoms with Crippen LogP contribution in [0.2, 0.25) is 0 Å². The van der Waals surface area contributed by atoms with E-state index >= 15 is 0 Å². The standard InChI is InChI=1S/C19H16FN3O6S/c20-13-2-4-14(5-3-13)30(25,26)10-7-17(24)21-19-23-22-18(29-19)12-1-6-15-16(11-12)28-9-8-27-15/h1-6,11H,7-10H2,(H,21,23,24). The molecule has 0 spiro atoms. The fourth-order valence-corrected chi connectivity index (χ4v) is 3.98. The zero-order chi connectivity index (χ0) is 21.1. The van der Waals surface area contributed by atoms with Crippen LogP contribution in [0.4, 0.5) is 10.4 Å². The van der Waals surface area contributed by atoms with Gasteiger partial charge in [0.2, 0.25) is 11.8 Å². The topological polar surface area (TPSA) is 121 Å². The molecule has 0 saturated carbocycles. The van der Waals surface area contributed by atoms with E-state index in [0.717, 1.165) is 24.3 Å². The van der Waals surface area contributed by atoms with E-state index in [1.54, 1.807) is 18.2 Å². The molecule has 0 fully saturated rings.